The first-order valence-electron chi connectivity index (χ1n) is 50.0. The number of hydrogen-bond donors (Lipinski definition) is 0. The third kappa shape index (κ3) is 17.0. The molecule has 0 unspecified atom stereocenters. The zero-order chi connectivity index (χ0) is 101. The molecule has 24 rings (SSSR count). The Morgan fingerprint density at radius 2 is 0.556 bits per heavy atom. The van der Waals surface area contributed by atoms with Gasteiger partial charge in [-0.3, -0.25) is 0 Å². The van der Waals surface area contributed by atoms with Gasteiger partial charge in [0, 0.05) is 176 Å². The van der Waals surface area contributed by atoms with Crippen molar-refractivity contribution in [2.75, 3.05) is 71.7 Å². The van der Waals surface area contributed by atoms with E-state index in [4.69, 9.17) is 18.9 Å². The van der Waals surface area contributed by atoms with Crippen molar-refractivity contribution in [3.8, 4) is 46.0 Å². The molecule has 0 radical (unpaired) electrons. The van der Waals surface area contributed by atoms with Crippen LogP contribution in [-0.4, -0.2) is 117 Å². The number of anilines is 6. The lowest BCUT2D eigenvalue weighted by Crippen LogP contribution is -2.62. The van der Waals surface area contributed by atoms with E-state index in [2.05, 4.69) is 509 Å². The molecule has 12 aromatic rings. The first-order chi connectivity index (χ1) is 67.7. The number of ether oxygens (including phenoxy) is 4. The summed E-state index contributed by atoms with van der Waals surface area (Å²) in [5.74, 6) is 7.68. The van der Waals surface area contributed by atoms with Gasteiger partial charge in [0.25, 0.3) is 0 Å². The zero-order valence-electron chi connectivity index (χ0n) is 87.9. The third-order valence-corrected chi connectivity index (χ3v) is 38.7. The summed E-state index contributed by atoms with van der Waals surface area (Å²) in [6.45, 7) is 50.2. The molecule has 0 saturated carbocycles. The Labute approximate surface area is 857 Å². The van der Waals surface area contributed by atoms with E-state index in [-0.39, 0.29) is 34.0 Å². The van der Waals surface area contributed by atoms with Gasteiger partial charge in [0.1, 0.15) is 79.6 Å². The van der Waals surface area contributed by atoms with Crippen molar-refractivity contribution >= 4 is 87.9 Å². The molecule has 0 N–H and O–H groups in total. The van der Waals surface area contributed by atoms with E-state index in [9.17, 15) is 0 Å². The van der Waals surface area contributed by atoms with Gasteiger partial charge in [-0.1, -0.05) is 267 Å². The number of hydrogen-bond acceptors (Lipinski definition) is 19. The van der Waals surface area contributed by atoms with Crippen LogP contribution in [0.5, 0.6) is 46.0 Å². The summed E-state index contributed by atoms with van der Waals surface area (Å²) in [5.41, 5.74) is 26.1. The van der Waals surface area contributed by atoms with Gasteiger partial charge in [-0.2, -0.15) is 0 Å². The molecule has 0 aromatic heterocycles. The normalized spacial score (nSPS) is 20.5. The number of fused-ring (bicyclic) bond motifs is 12. The Hall–Kier alpha value is -12.9. The second-order valence-corrected chi connectivity index (χ2v) is 49.9. The second kappa shape index (κ2) is 37.8. The van der Waals surface area contributed by atoms with Crippen molar-refractivity contribution in [3.63, 3.8) is 0 Å². The van der Waals surface area contributed by atoms with E-state index < -0.39 is 8.07 Å². The van der Waals surface area contributed by atoms with Gasteiger partial charge in [0.15, 0.2) is 11.5 Å². The highest BCUT2D eigenvalue weighted by Gasteiger charge is 2.48. The smallest absolute Gasteiger partial charge is 0.165 e. The highest BCUT2D eigenvalue weighted by atomic mass is 32.2. The van der Waals surface area contributed by atoms with Crippen LogP contribution in [0.25, 0.3) is 0 Å². The molecule has 12 aliphatic rings. The third-order valence-electron chi connectivity index (χ3n) is 31.7. The minimum Gasteiger partial charge on any atom is -0.457 e. The number of aryl methyl sites for hydroxylation is 6. The van der Waals surface area contributed by atoms with Crippen molar-refractivity contribution in [2.45, 2.75) is 240 Å². The van der Waals surface area contributed by atoms with Crippen molar-refractivity contribution in [3.05, 3.63) is 371 Å². The Kier molecular flexibility index (Phi) is 26.1. The van der Waals surface area contributed by atoms with Crippen molar-refractivity contribution in [1.29, 1.82) is 0 Å². The standard InChI is InChI=1S/C23H30N2Si.2C21H24N2O.C21H24N2S.2C18H18N2OS/c1-16-12-13-20-21(22(16)25-15-14-24(5)17(25)2)23(3,4)18-10-8-9-11-19(18)26(20,6)7;1-14-10-11-17-20(19(14)23-13-12-22(5)15(23)2)24-18-9-7-6-8-16(18)21(17,3)4;1-14-10-11-18-19(20(14)23-13-12-22(5)15(23)2)21(3,4)16-8-6-7-9-17(16)24-18;1-14-10-11-17-20(19(14)23-13-12-22(5)15(23)2)24-18-9-7-6-8-16(18)21(17,3)4;1-12-8-9-15-18(17(12)20-11-10-19(3)13(20)2)22-16-7-5-4-6-14(16)21-15;1-12-8-9-16-18(17(12)20-11-10-19(3)13(20)2)21-14-6-4-5-7-15(14)22-16/h8-15,17H,1-7H3;3*6-13,15H,1-5H3;2*4-11,13H,1-3H3/t17-;3*15-;2*13-/m000000/s1. The molecule has 12 heterocycles. The first kappa shape index (κ1) is 97.9. The quantitative estimate of drug-likeness (QED) is 0.148. The minimum atomic E-state index is -1.73. The van der Waals surface area contributed by atoms with E-state index in [1.165, 1.54) is 130 Å². The number of para-hydroxylation sites is 4. The van der Waals surface area contributed by atoms with Crippen LogP contribution in [-0.2, 0) is 21.7 Å². The molecule has 0 saturated heterocycles. The molecule has 0 amide bonds. The monoisotopic (exact) mass is 1960 g/mol. The lowest BCUT2D eigenvalue weighted by Gasteiger charge is -2.46. The van der Waals surface area contributed by atoms with E-state index in [0.717, 1.165) is 51.7 Å². The van der Waals surface area contributed by atoms with Crippen LogP contribution in [0.15, 0.2) is 322 Å². The lowest BCUT2D eigenvalue weighted by molar-refractivity contribution is 0.376. The molecule has 0 spiro atoms. The minimum absolute atomic E-state index is 0.00449. The highest BCUT2D eigenvalue weighted by Crippen LogP contribution is 2.60. The lowest BCUT2D eigenvalue weighted by atomic mass is 9.74. The van der Waals surface area contributed by atoms with E-state index in [1.54, 1.807) is 39.5 Å². The highest BCUT2D eigenvalue weighted by molar-refractivity contribution is 8.00. The zero-order valence-corrected chi connectivity index (χ0v) is 91.4. The molecular weight excluding hydrogens is 1820 g/mol. The van der Waals surface area contributed by atoms with Crippen LogP contribution in [0.2, 0.25) is 13.1 Å². The maximum Gasteiger partial charge on any atom is 0.165 e. The fourth-order valence-electron chi connectivity index (χ4n) is 22.2. The SMILES string of the molecule is Cc1ccc2c(c1N1C=CN(C)[C@@H]1C)C(C)(C)c1ccccc1O2.Cc1ccc2c(c1N1C=CN(C)[C@@H]1C)C(C)(C)c1ccccc1[Si]2(C)C.Cc1ccc2c(c1N1C=CN(C)[C@@H]1C)Oc1ccccc1C2(C)C.Cc1ccc2c(c1N1C=CN(C)[C@@H]1C)Oc1ccccc1S2.Cc1ccc2c(c1N1C=CN(C)[C@@H]1C)Sc1ccccc1C2(C)C.Cc1ccc2c(c1N1C=CN(C)[C@@H]1C)Sc1ccccc1O2. The largest absolute Gasteiger partial charge is 0.457 e. The van der Waals surface area contributed by atoms with Crippen molar-refractivity contribution < 1.29 is 18.9 Å². The molecule has 6 atom stereocenters. The molecule has 20 heteroatoms. The predicted octanol–water partition coefficient (Wildman–Crippen LogP) is 29.0. The first-order valence-corrected chi connectivity index (χ1v) is 55.4. The molecule has 16 nitrogen and oxygen atoms in total. The maximum atomic E-state index is 6.43. The fourth-order valence-corrected chi connectivity index (χ4v) is 29.3. The molecule has 12 aromatic carbocycles. The summed E-state index contributed by atoms with van der Waals surface area (Å²) in [6, 6.07) is 77.8. The summed E-state index contributed by atoms with van der Waals surface area (Å²) in [7, 11) is 11.0. The molecular formula is C122H138N12O4S3Si. The Balaban J connectivity index is 0.000000108. The molecule has 0 bridgehead atoms. The van der Waals surface area contributed by atoms with E-state index in [1.807, 2.05) is 48.2 Å². The van der Waals surface area contributed by atoms with Crippen LogP contribution in [0, 0.1) is 41.5 Å². The second-order valence-electron chi connectivity index (χ2n) is 42.4. The molecule has 0 fully saturated rings. The summed E-state index contributed by atoms with van der Waals surface area (Å²) in [5, 5.41) is 3.19. The van der Waals surface area contributed by atoms with Crippen LogP contribution in [0.1, 0.15) is 175 Å². The summed E-state index contributed by atoms with van der Waals surface area (Å²) >= 11 is 5.49. The Morgan fingerprint density at radius 1 is 0.232 bits per heavy atom. The van der Waals surface area contributed by atoms with Gasteiger partial charge in [0.2, 0.25) is 0 Å². The summed E-state index contributed by atoms with van der Waals surface area (Å²) in [6.07, 6.45) is 27.7. The average Bonchev–Trinajstić information content (AvgIpc) is 0.969. The van der Waals surface area contributed by atoms with E-state index >= 15 is 0 Å². The van der Waals surface area contributed by atoms with Crippen molar-refractivity contribution in [1.82, 2.24) is 29.4 Å². The van der Waals surface area contributed by atoms with Crippen LogP contribution in [0.3, 0.4) is 0 Å². The van der Waals surface area contributed by atoms with Crippen LogP contribution < -0.4 is 58.7 Å². The average molecular weight is 1960 g/mol. The molecule has 0 aliphatic carbocycles. The van der Waals surface area contributed by atoms with Gasteiger partial charge in [0.05, 0.1) is 48.0 Å². The number of benzene rings is 12. The van der Waals surface area contributed by atoms with Crippen LogP contribution >= 0.6 is 35.3 Å². The van der Waals surface area contributed by atoms with Gasteiger partial charge < -0.3 is 77.7 Å². The van der Waals surface area contributed by atoms with Gasteiger partial charge >= 0.3 is 0 Å². The van der Waals surface area contributed by atoms with Gasteiger partial charge in [-0.15, -0.1) is 0 Å². The predicted molar refractivity (Wildman–Crippen MR) is 597 cm³/mol. The van der Waals surface area contributed by atoms with Crippen LogP contribution in [0.4, 0.5) is 34.1 Å². The number of nitrogens with zero attached hydrogens (tertiary/aromatic N) is 12. The number of rotatable bonds is 6. The van der Waals surface area contributed by atoms with Gasteiger partial charge in [-0.25, -0.2) is 0 Å². The topological polar surface area (TPSA) is 75.8 Å². The van der Waals surface area contributed by atoms with Gasteiger partial charge in [-0.05, 0) is 205 Å². The Bertz CT molecular complexity index is 6860. The molecule has 732 valence electrons. The van der Waals surface area contributed by atoms with E-state index in [0.29, 0.717) is 24.7 Å². The summed E-state index contributed by atoms with van der Waals surface area (Å²) in [4.78, 5) is 35.0. The molecule has 12 aliphatic heterocycles. The maximum absolute atomic E-state index is 6.43. The Morgan fingerprint density at radius 3 is 1.06 bits per heavy atom. The fraction of sp³-hybridized carbons (Fsp3) is 0.311. The summed E-state index contributed by atoms with van der Waals surface area (Å²) < 4.78 is 25.1. The molecule has 142 heavy (non-hydrogen) atoms. The van der Waals surface area contributed by atoms with Crippen molar-refractivity contribution in [2.24, 2.45) is 0 Å².